The van der Waals surface area contributed by atoms with E-state index in [1.807, 2.05) is 0 Å². The van der Waals surface area contributed by atoms with E-state index in [9.17, 15) is 18.4 Å². The molecular weight excluding hydrogens is 322 g/mol. The van der Waals surface area contributed by atoms with Crippen LogP contribution in [0.15, 0.2) is 0 Å². The second-order valence-electron chi connectivity index (χ2n) is 8.10. The average Bonchev–Trinajstić information content (AvgIpc) is 2.27. The predicted octanol–water partition coefficient (Wildman–Crippen LogP) is 3.59. The average molecular weight is 350 g/mol. The molecule has 0 aromatic rings. The molecule has 1 rings (SSSR count). The lowest BCUT2D eigenvalue weighted by Gasteiger charge is -2.37. The van der Waals surface area contributed by atoms with Crippen LogP contribution in [0.5, 0.6) is 0 Å². The number of alkyl halides is 2. The Hall–Kier alpha value is -1.60. The number of hydrogen-bond donors (Lipinski definition) is 2. The zero-order chi connectivity index (χ0) is 18.8. The summed E-state index contributed by atoms with van der Waals surface area (Å²) >= 11 is 0. The van der Waals surface area contributed by atoms with E-state index in [2.05, 4.69) is 10.6 Å². The van der Waals surface area contributed by atoms with E-state index in [1.165, 1.54) is 0 Å². The van der Waals surface area contributed by atoms with Gasteiger partial charge in [0.15, 0.2) is 0 Å². The number of nitrogens with one attached hydrogen (secondary N) is 2. The molecule has 0 aromatic heterocycles. The lowest BCUT2D eigenvalue weighted by Crippen LogP contribution is -2.57. The Bertz CT molecular complexity index is 470. The molecule has 1 aliphatic carbocycles. The first-order valence-electron chi connectivity index (χ1n) is 8.04. The number of carbonyl (C=O) groups is 2. The third-order valence-corrected chi connectivity index (χ3v) is 3.23. The van der Waals surface area contributed by atoms with Crippen LogP contribution in [0.3, 0.4) is 0 Å². The Balaban J connectivity index is 2.73. The van der Waals surface area contributed by atoms with E-state index >= 15 is 0 Å². The molecule has 1 fully saturated rings. The van der Waals surface area contributed by atoms with E-state index in [0.717, 1.165) is 0 Å². The molecule has 1 saturated carbocycles. The molecule has 0 saturated heterocycles. The predicted molar refractivity (Wildman–Crippen MR) is 85.1 cm³/mol. The zero-order valence-electron chi connectivity index (χ0n) is 15.2. The van der Waals surface area contributed by atoms with Crippen LogP contribution in [0, 0.1) is 0 Å². The fourth-order valence-electron chi connectivity index (χ4n) is 2.38. The van der Waals surface area contributed by atoms with Crippen LogP contribution in [-0.4, -0.2) is 41.4 Å². The maximum absolute atomic E-state index is 13.7. The summed E-state index contributed by atoms with van der Waals surface area (Å²) < 4.78 is 37.6. The van der Waals surface area contributed by atoms with Gasteiger partial charge < -0.3 is 20.1 Å². The highest BCUT2D eigenvalue weighted by molar-refractivity contribution is 5.70. The van der Waals surface area contributed by atoms with Gasteiger partial charge in [-0.1, -0.05) is 0 Å². The van der Waals surface area contributed by atoms with Gasteiger partial charge in [0.2, 0.25) is 5.92 Å². The Kier molecular flexibility index (Phi) is 6.05. The molecule has 24 heavy (non-hydrogen) atoms. The fraction of sp³-hybridized carbons (Fsp3) is 0.875. The largest absolute Gasteiger partial charge is 0.444 e. The molecule has 2 amide bonds. The van der Waals surface area contributed by atoms with E-state index in [0.29, 0.717) is 0 Å². The van der Waals surface area contributed by atoms with Crippen LogP contribution in [0.1, 0.15) is 60.8 Å². The number of halogens is 2. The number of alkyl carbamates (subject to hydrolysis) is 2. The lowest BCUT2D eigenvalue weighted by molar-refractivity contribution is -0.0536. The third kappa shape index (κ3) is 7.79. The zero-order valence-corrected chi connectivity index (χ0v) is 15.2. The number of rotatable bonds is 2. The SMILES string of the molecule is CC(C)(C)OC(=O)NC1CC(F)(F)CC[C@@H]1NC(=O)OC(C)(C)C. The van der Waals surface area contributed by atoms with Crippen LogP contribution in [0.4, 0.5) is 18.4 Å². The maximum atomic E-state index is 13.7. The lowest BCUT2D eigenvalue weighted by atomic mass is 9.87. The molecule has 8 heteroatoms. The minimum absolute atomic E-state index is 0.0344. The highest BCUT2D eigenvalue weighted by Crippen LogP contribution is 2.33. The number of carbonyl (C=O) groups excluding carboxylic acids is 2. The third-order valence-electron chi connectivity index (χ3n) is 3.23. The number of hydrogen-bond acceptors (Lipinski definition) is 4. The summed E-state index contributed by atoms with van der Waals surface area (Å²) in [4.78, 5) is 23.8. The molecule has 0 spiro atoms. The van der Waals surface area contributed by atoms with Crippen molar-refractivity contribution in [2.75, 3.05) is 0 Å². The first-order chi connectivity index (χ1) is 10.7. The first kappa shape index (κ1) is 20.4. The van der Waals surface area contributed by atoms with Gasteiger partial charge in [0.1, 0.15) is 11.2 Å². The van der Waals surface area contributed by atoms with Gasteiger partial charge in [0.05, 0.1) is 12.1 Å². The molecule has 1 unspecified atom stereocenters. The van der Waals surface area contributed by atoms with Crippen LogP contribution in [0.25, 0.3) is 0 Å². The van der Waals surface area contributed by atoms with E-state index in [1.54, 1.807) is 41.5 Å². The Morgan fingerprint density at radius 3 is 1.75 bits per heavy atom. The Morgan fingerprint density at radius 1 is 0.917 bits per heavy atom. The van der Waals surface area contributed by atoms with Crippen molar-refractivity contribution in [1.82, 2.24) is 10.6 Å². The van der Waals surface area contributed by atoms with Crippen LogP contribution in [0.2, 0.25) is 0 Å². The van der Waals surface area contributed by atoms with E-state index in [4.69, 9.17) is 9.47 Å². The molecule has 0 bridgehead atoms. The standard InChI is InChI=1S/C16H28F2N2O4/c1-14(2,3)23-12(21)19-10-7-8-16(17,18)9-11(10)20-13(22)24-15(4,5)6/h10-11H,7-9H2,1-6H3,(H,19,21)(H,20,22)/t10-,11?/m0/s1. The maximum Gasteiger partial charge on any atom is 0.407 e. The quantitative estimate of drug-likeness (QED) is 0.798. The first-order valence-corrected chi connectivity index (χ1v) is 8.04. The molecule has 0 aliphatic heterocycles. The van der Waals surface area contributed by atoms with Crippen molar-refractivity contribution in [3.63, 3.8) is 0 Å². The molecular formula is C16H28F2N2O4. The van der Waals surface area contributed by atoms with Gasteiger partial charge in [-0.05, 0) is 48.0 Å². The molecule has 140 valence electrons. The van der Waals surface area contributed by atoms with Crippen molar-refractivity contribution in [1.29, 1.82) is 0 Å². The van der Waals surface area contributed by atoms with Crippen molar-refractivity contribution in [2.24, 2.45) is 0 Å². The number of ether oxygens (including phenoxy) is 2. The smallest absolute Gasteiger partial charge is 0.407 e. The summed E-state index contributed by atoms with van der Waals surface area (Å²) in [5, 5.41) is 5.00. The van der Waals surface area contributed by atoms with Gasteiger partial charge in [-0.15, -0.1) is 0 Å². The molecule has 1 aliphatic rings. The van der Waals surface area contributed by atoms with Crippen molar-refractivity contribution in [3.8, 4) is 0 Å². The highest BCUT2D eigenvalue weighted by Gasteiger charge is 2.43. The summed E-state index contributed by atoms with van der Waals surface area (Å²) in [6.07, 6.45) is -2.38. The van der Waals surface area contributed by atoms with Crippen molar-refractivity contribution in [3.05, 3.63) is 0 Å². The Labute approximate surface area is 141 Å². The highest BCUT2D eigenvalue weighted by atomic mass is 19.3. The van der Waals surface area contributed by atoms with E-state index in [-0.39, 0.29) is 12.8 Å². The fourth-order valence-corrected chi connectivity index (χ4v) is 2.38. The molecule has 0 aromatic carbocycles. The minimum Gasteiger partial charge on any atom is -0.444 e. The van der Waals surface area contributed by atoms with Gasteiger partial charge in [0.25, 0.3) is 0 Å². The van der Waals surface area contributed by atoms with Crippen molar-refractivity contribution < 1.29 is 27.8 Å². The summed E-state index contributed by atoms with van der Waals surface area (Å²) in [5.41, 5.74) is -1.44. The van der Waals surface area contributed by atoms with Gasteiger partial charge in [-0.2, -0.15) is 0 Å². The summed E-state index contributed by atoms with van der Waals surface area (Å²) in [6.45, 7) is 10.2. The van der Waals surface area contributed by atoms with Crippen molar-refractivity contribution >= 4 is 12.2 Å². The van der Waals surface area contributed by atoms with Crippen LogP contribution < -0.4 is 10.6 Å². The molecule has 6 nitrogen and oxygen atoms in total. The normalized spacial score (nSPS) is 24.0. The van der Waals surface area contributed by atoms with Crippen molar-refractivity contribution in [2.45, 2.75) is 90.0 Å². The summed E-state index contributed by atoms with van der Waals surface area (Å²) in [5.74, 6) is -2.90. The van der Waals surface area contributed by atoms with Crippen LogP contribution in [-0.2, 0) is 9.47 Å². The van der Waals surface area contributed by atoms with Gasteiger partial charge >= 0.3 is 12.2 Å². The molecule has 0 heterocycles. The molecule has 2 N–H and O–H groups in total. The molecule has 0 radical (unpaired) electrons. The topological polar surface area (TPSA) is 76.7 Å². The van der Waals surface area contributed by atoms with Gasteiger partial charge in [-0.25, -0.2) is 18.4 Å². The van der Waals surface area contributed by atoms with E-state index < -0.39 is 47.8 Å². The minimum atomic E-state index is -2.90. The van der Waals surface area contributed by atoms with Crippen LogP contribution >= 0.6 is 0 Å². The summed E-state index contributed by atoms with van der Waals surface area (Å²) in [6, 6.07) is -1.58. The monoisotopic (exact) mass is 350 g/mol. The second-order valence-corrected chi connectivity index (χ2v) is 8.10. The number of amides is 2. The Morgan fingerprint density at radius 2 is 1.33 bits per heavy atom. The van der Waals surface area contributed by atoms with Gasteiger partial charge in [-0.3, -0.25) is 0 Å². The second kappa shape index (κ2) is 7.11. The molecule has 2 atom stereocenters. The summed E-state index contributed by atoms with van der Waals surface area (Å²) in [7, 11) is 0. The van der Waals surface area contributed by atoms with Gasteiger partial charge in [0, 0.05) is 12.8 Å².